The molecule has 2 amide bonds. The molecule has 0 unspecified atom stereocenters. The highest BCUT2D eigenvalue weighted by Crippen LogP contribution is 2.32. The molecular formula is C18H25N3O2S. The summed E-state index contributed by atoms with van der Waals surface area (Å²) in [4.78, 5) is 29.0. The molecule has 0 aromatic heterocycles. The fourth-order valence-electron chi connectivity index (χ4n) is 3.10. The molecule has 2 aliphatic rings. The molecule has 0 spiro atoms. The van der Waals surface area contributed by atoms with E-state index in [9.17, 15) is 9.59 Å². The lowest BCUT2D eigenvalue weighted by Crippen LogP contribution is -2.47. The van der Waals surface area contributed by atoms with Crippen LogP contribution in [0.4, 0.5) is 5.69 Å². The molecule has 1 aromatic carbocycles. The molecule has 24 heavy (non-hydrogen) atoms. The number of carbonyl (C=O) groups excluding carboxylic acids is 2. The van der Waals surface area contributed by atoms with Gasteiger partial charge >= 0.3 is 0 Å². The van der Waals surface area contributed by atoms with Crippen molar-refractivity contribution < 1.29 is 9.59 Å². The van der Waals surface area contributed by atoms with Crippen LogP contribution >= 0.6 is 11.8 Å². The summed E-state index contributed by atoms with van der Waals surface area (Å²) in [5.74, 6) is 1.54. The van der Waals surface area contributed by atoms with Gasteiger partial charge in [0.05, 0.1) is 5.88 Å². The molecule has 0 bridgehead atoms. The maximum absolute atomic E-state index is 12.7. The van der Waals surface area contributed by atoms with Crippen molar-refractivity contribution in [2.24, 2.45) is 5.92 Å². The summed E-state index contributed by atoms with van der Waals surface area (Å²) in [6.45, 7) is 0.829. The number of rotatable bonds is 5. The molecule has 1 heterocycles. The van der Waals surface area contributed by atoms with Gasteiger partial charge in [0.2, 0.25) is 11.8 Å². The van der Waals surface area contributed by atoms with Gasteiger partial charge in [-0.2, -0.15) is 0 Å². The number of benzene rings is 1. The lowest BCUT2D eigenvalue weighted by Gasteiger charge is -2.31. The van der Waals surface area contributed by atoms with Crippen molar-refractivity contribution >= 4 is 29.3 Å². The summed E-state index contributed by atoms with van der Waals surface area (Å²) in [6, 6.07) is 7.55. The minimum atomic E-state index is -0.347. The van der Waals surface area contributed by atoms with E-state index in [1.165, 1.54) is 0 Å². The zero-order valence-electron chi connectivity index (χ0n) is 14.3. The van der Waals surface area contributed by atoms with Crippen LogP contribution in [0.1, 0.15) is 24.8 Å². The van der Waals surface area contributed by atoms with Gasteiger partial charge in [0.1, 0.15) is 6.04 Å². The molecule has 1 saturated carbocycles. The smallest absolute Gasteiger partial charge is 0.248 e. The highest BCUT2D eigenvalue weighted by molar-refractivity contribution is 7.99. The summed E-state index contributed by atoms with van der Waals surface area (Å²) < 4.78 is 0. The molecule has 0 radical (unpaired) electrons. The normalized spacial score (nSPS) is 21.0. The van der Waals surface area contributed by atoms with Gasteiger partial charge in [-0.25, -0.2) is 0 Å². The SMILES string of the molecule is CN(C)Cc1cccc(NC(=O)[C@H]2CSCN2C(=O)C2CCC2)c1. The van der Waals surface area contributed by atoms with Crippen molar-refractivity contribution in [1.29, 1.82) is 0 Å². The van der Waals surface area contributed by atoms with Gasteiger partial charge in [0.25, 0.3) is 0 Å². The average molecular weight is 347 g/mol. The summed E-state index contributed by atoms with van der Waals surface area (Å²) in [7, 11) is 4.04. The van der Waals surface area contributed by atoms with E-state index in [0.717, 1.165) is 37.1 Å². The second-order valence-electron chi connectivity index (χ2n) is 6.88. The van der Waals surface area contributed by atoms with Crippen molar-refractivity contribution in [3.8, 4) is 0 Å². The van der Waals surface area contributed by atoms with E-state index in [4.69, 9.17) is 0 Å². The Kier molecular flexibility index (Phi) is 5.46. The van der Waals surface area contributed by atoms with Crippen LogP contribution in [0.3, 0.4) is 0 Å². The Bertz CT molecular complexity index is 616. The molecule has 130 valence electrons. The number of carbonyl (C=O) groups is 2. The molecule has 5 nitrogen and oxygen atoms in total. The number of nitrogens with zero attached hydrogens (tertiary/aromatic N) is 2. The molecule has 1 aliphatic heterocycles. The summed E-state index contributed by atoms with van der Waals surface area (Å²) in [5, 5.41) is 2.99. The van der Waals surface area contributed by atoms with E-state index in [0.29, 0.717) is 11.6 Å². The quantitative estimate of drug-likeness (QED) is 0.889. The number of anilines is 1. The van der Waals surface area contributed by atoms with E-state index < -0.39 is 0 Å². The van der Waals surface area contributed by atoms with Crippen LogP contribution in [0.25, 0.3) is 0 Å². The maximum atomic E-state index is 12.7. The molecule has 1 N–H and O–H groups in total. The Balaban J connectivity index is 1.64. The Morgan fingerprint density at radius 3 is 2.79 bits per heavy atom. The lowest BCUT2D eigenvalue weighted by molar-refractivity contribution is -0.141. The molecule has 6 heteroatoms. The van der Waals surface area contributed by atoms with E-state index in [1.54, 1.807) is 16.7 Å². The van der Waals surface area contributed by atoms with E-state index in [1.807, 2.05) is 38.4 Å². The summed E-state index contributed by atoms with van der Waals surface area (Å²) >= 11 is 1.66. The van der Waals surface area contributed by atoms with Crippen LogP contribution in [0, 0.1) is 5.92 Å². The van der Waals surface area contributed by atoms with Crippen molar-refractivity contribution in [1.82, 2.24) is 9.80 Å². The van der Waals surface area contributed by atoms with Crippen molar-refractivity contribution in [3.63, 3.8) is 0 Å². The zero-order chi connectivity index (χ0) is 17.1. The Hall–Kier alpha value is -1.53. The fraction of sp³-hybridized carbons (Fsp3) is 0.556. The fourth-order valence-corrected chi connectivity index (χ4v) is 4.27. The highest BCUT2D eigenvalue weighted by atomic mass is 32.2. The van der Waals surface area contributed by atoms with Gasteiger partial charge in [0, 0.05) is 23.9 Å². The maximum Gasteiger partial charge on any atom is 0.248 e. The van der Waals surface area contributed by atoms with Crippen LogP contribution in [0.15, 0.2) is 24.3 Å². The van der Waals surface area contributed by atoms with Gasteiger partial charge in [-0.15, -0.1) is 11.8 Å². The summed E-state index contributed by atoms with van der Waals surface area (Å²) in [5.41, 5.74) is 1.95. The average Bonchev–Trinajstić information content (AvgIpc) is 2.94. The third kappa shape index (κ3) is 3.92. The first-order valence-electron chi connectivity index (χ1n) is 8.47. The second-order valence-corrected chi connectivity index (χ2v) is 7.88. The van der Waals surface area contributed by atoms with Crippen molar-refractivity contribution in [3.05, 3.63) is 29.8 Å². The van der Waals surface area contributed by atoms with Crippen LogP contribution in [-0.4, -0.2) is 53.4 Å². The lowest BCUT2D eigenvalue weighted by atomic mass is 9.84. The van der Waals surface area contributed by atoms with Crippen LogP contribution in [0.5, 0.6) is 0 Å². The third-order valence-electron chi connectivity index (χ3n) is 4.62. The highest BCUT2D eigenvalue weighted by Gasteiger charge is 2.39. The molecule has 3 rings (SSSR count). The van der Waals surface area contributed by atoms with Crippen molar-refractivity contribution in [2.75, 3.05) is 31.0 Å². The number of amides is 2. The van der Waals surface area contributed by atoms with Crippen LogP contribution < -0.4 is 5.32 Å². The number of hydrogen-bond acceptors (Lipinski definition) is 4. The largest absolute Gasteiger partial charge is 0.324 e. The minimum Gasteiger partial charge on any atom is -0.324 e. The van der Waals surface area contributed by atoms with Gasteiger partial charge in [-0.3, -0.25) is 9.59 Å². The molecule has 1 saturated heterocycles. The van der Waals surface area contributed by atoms with Gasteiger partial charge < -0.3 is 15.1 Å². The number of hydrogen-bond donors (Lipinski definition) is 1. The predicted molar refractivity (Wildman–Crippen MR) is 97.8 cm³/mol. The first-order valence-corrected chi connectivity index (χ1v) is 9.63. The molecular weight excluding hydrogens is 322 g/mol. The van der Waals surface area contributed by atoms with Crippen LogP contribution in [0.2, 0.25) is 0 Å². The molecule has 2 fully saturated rings. The number of thioether (sulfide) groups is 1. The standard InChI is InChI=1S/C18H25N3O2S/c1-20(2)10-13-5-3-8-15(9-13)19-17(22)16-11-24-12-21(16)18(23)14-6-4-7-14/h3,5,8-9,14,16H,4,6-7,10-12H2,1-2H3,(H,19,22)/t16-/m1/s1. The second kappa shape index (κ2) is 7.57. The van der Waals surface area contributed by atoms with Gasteiger partial charge in [-0.05, 0) is 44.6 Å². The van der Waals surface area contributed by atoms with Crippen LogP contribution in [-0.2, 0) is 16.1 Å². The van der Waals surface area contributed by atoms with E-state index >= 15 is 0 Å². The van der Waals surface area contributed by atoms with E-state index in [2.05, 4.69) is 10.2 Å². The first kappa shape index (κ1) is 17.3. The van der Waals surface area contributed by atoms with Gasteiger partial charge in [0.15, 0.2) is 0 Å². The molecule has 1 aliphatic carbocycles. The zero-order valence-corrected chi connectivity index (χ0v) is 15.1. The minimum absolute atomic E-state index is 0.0744. The monoisotopic (exact) mass is 347 g/mol. The Labute approximate surface area is 147 Å². The molecule has 1 atom stereocenters. The Morgan fingerprint density at radius 2 is 2.12 bits per heavy atom. The predicted octanol–water partition coefficient (Wildman–Crippen LogP) is 2.39. The Morgan fingerprint density at radius 1 is 1.33 bits per heavy atom. The third-order valence-corrected chi connectivity index (χ3v) is 5.63. The van der Waals surface area contributed by atoms with Gasteiger partial charge in [-0.1, -0.05) is 18.6 Å². The van der Waals surface area contributed by atoms with E-state index in [-0.39, 0.29) is 23.8 Å². The topological polar surface area (TPSA) is 52.7 Å². The molecule has 1 aromatic rings. The van der Waals surface area contributed by atoms with Crippen molar-refractivity contribution in [2.45, 2.75) is 31.8 Å². The first-order chi connectivity index (χ1) is 11.5. The summed E-state index contributed by atoms with van der Waals surface area (Å²) in [6.07, 6.45) is 3.08. The number of nitrogens with one attached hydrogen (secondary N) is 1.